The zero-order valence-corrected chi connectivity index (χ0v) is 16.7. The van der Waals surface area contributed by atoms with Crippen molar-refractivity contribution in [3.63, 3.8) is 0 Å². The molecule has 9 heteroatoms. The van der Waals surface area contributed by atoms with Gasteiger partial charge in [-0.05, 0) is 12.0 Å². The fourth-order valence-corrected chi connectivity index (χ4v) is 3.31. The van der Waals surface area contributed by atoms with E-state index in [1.807, 2.05) is 6.07 Å². The van der Waals surface area contributed by atoms with Crippen LogP contribution in [0.1, 0.15) is 34.1 Å². The first kappa shape index (κ1) is 21.1. The highest BCUT2D eigenvalue weighted by Gasteiger charge is 2.33. The molecule has 3 rings (SSSR count). The Morgan fingerprint density at radius 2 is 1.97 bits per heavy atom. The molecule has 0 bridgehead atoms. The van der Waals surface area contributed by atoms with Gasteiger partial charge in [-0.1, -0.05) is 59.6 Å². The molecule has 0 spiro atoms. The van der Waals surface area contributed by atoms with E-state index >= 15 is 0 Å². The molecule has 1 aromatic carbocycles. The number of hydrogen-bond acceptors (Lipinski definition) is 5. The van der Waals surface area contributed by atoms with Gasteiger partial charge in [-0.3, -0.25) is 0 Å². The molecule has 2 N–H and O–H groups in total. The molecule has 0 radical (unpaired) electrons. The van der Waals surface area contributed by atoms with E-state index in [0.717, 1.165) is 5.56 Å². The molecular weight excluding hydrogens is 425 g/mol. The Kier molecular flexibility index (Phi) is 6.39. The zero-order valence-electron chi connectivity index (χ0n) is 15.2. The van der Waals surface area contributed by atoms with Crippen molar-refractivity contribution in [1.82, 2.24) is 4.98 Å². The molecule has 5 nitrogen and oxygen atoms in total. The quantitative estimate of drug-likeness (QED) is 0.642. The molecule has 2 aromatic rings. The lowest BCUT2D eigenvalue weighted by Crippen LogP contribution is -2.17. The number of carbonyl (C=O) groups is 1. The van der Waals surface area contributed by atoms with Gasteiger partial charge in [0, 0.05) is 0 Å². The van der Waals surface area contributed by atoms with Crippen molar-refractivity contribution in [1.29, 1.82) is 0 Å². The number of halogens is 4. The van der Waals surface area contributed by atoms with Crippen LogP contribution in [-0.2, 0) is 16.1 Å². The molecule has 152 valence electrons. The summed E-state index contributed by atoms with van der Waals surface area (Å²) in [5.74, 6) is -4.15. The molecule has 0 aliphatic heterocycles. The number of ether oxygens (including phenoxy) is 2. The van der Waals surface area contributed by atoms with Crippen LogP contribution in [0.15, 0.2) is 53.0 Å². The van der Waals surface area contributed by atoms with Crippen LogP contribution in [-0.4, -0.2) is 18.1 Å². The molecule has 29 heavy (non-hydrogen) atoms. The Morgan fingerprint density at radius 1 is 1.28 bits per heavy atom. The van der Waals surface area contributed by atoms with Gasteiger partial charge in [0.05, 0.1) is 34.5 Å². The number of nitrogens with two attached hydrogens (primary N) is 1. The van der Waals surface area contributed by atoms with E-state index in [4.69, 9.17) is 38.4 Å². The maximum absolute atomic E-state index is 14.8. The average molecular weight is 441 g/mol. The summed E-state index contributed by atoms with van der Waals surface area (Å²) < 4.78 is 39.7. The second-order valence-electron chi connectivity index (χ2n) is 6.17. The number of nitrogen functional groups attached to an aromatic ring is 1. The third-order valence-corrected chi connectivity index (χ3v) is 5.06. The average Bonchev–Trinajstić information content (AvgIpc) is 2.72. The number of pyridine rings is 1. The summed E-state index contributed by atoms with van der Waals surface area (Å²) in [4.78, 5) is 16.4. The van der Waals surface area contributed by atoms with Gasteiger partial charge in [0.2, 0.25) is 0 Å². The number of aromatic nitrogens is 1. The maximum Gasteiger partial charge on any atom is 0.358 e. The van der Waals surface area contributed by atoms with Crippen LogP contribution < -0.4 is 5.73 Å². The predicted octanol–water partition coefficient (Wildman–Crippen LogP) is 5.25. The molecule has 0 saturated heterocycles. The van der Waals surface area contributed by atoms with Gasteiger partial charge in [-0.15, -0.1) is 0 Å². The molecule has 1 aliphatic carbocycles. The van der Waals surface area contributed by atoms with Crippen LogP contribution in [0.4, 0.5) is 14.5 Å². The van der Waals surface area contributed by atoms with Crippen LogP contribution in [0.25, 0.3) is 0 Å². The van der Waals surface area contributed by atoms with Crippen molar-refractivity contribution >= 4 is 34.9 Å². The van der Waals surface area contributed by atoms with Crippen molar-refractivity contribution in [2.45, 2.75) is 18.9 Å². The van der Waals surface area contributed by atoms with Gasteiger partial charge >= 0.3 is 5.97 Å². The molecule has 1 atom stereocenters. The maximum atomic E-state index is 14.8. The van der Waals surface area contributed by atoms with E-state index in [0.29, 0.717) is 0 Å². The summed E-state index contributed by atoms with van der Waals surface area (Å²) in [6.45, 7) is -0.0475. The second kappa shape index (κ2) is 8.80. The molecule has 0 amide bonds. The number of anilines is 1. The highest BCUT2D eigenvalue weighted by atomic mass is 35.5. The number of esters is 1. The summed E-state index contributed by atoms with van der Waals surface area (Å²) in [6, 6.07) is 8.91. The highest BCUT2D eigenvalue weighted by molar-refractivity contribution is 6.35. The Morgan fingerprint density at radius 3 is 2.62 bits per heavy atom. The standard InChI is InChI=1S/C20H16Cl2F2N2O3/c1-28-19-12(21)8-7-11(14(19)23)17-15(24)16(25)13(22)18(26-17)20(27)29-9-10-5-3-2-4-6-10/h2-6,8,11H,7,9H2,1H3,(H2,25,26). The number of hydrogen-bond donors (Lipinski definition) is 1. The fourth-order valence-electron chi connectivity index (χ4n) is 2.85. The molecule has 1 heterocycles. The molecule has 1 aromatic heterocycles. The monoisotopic (exact) mass is 440 g/mol. The molecule has 1 unspecified atom stereocenters. The van der Waals surface area contributed by atoms with Crippen molar-refractivity contribution in [2.24, 2.45) is 0 Å². The third-order valence-electron chi connectivity index (χ3n) is 4.35. The van der Waals surface area contributed by atoms with Crippen LogP contribution in [0.3, 0.4) is 0 Å². The van der Waals surface area contributed by atoms with E-state index in [2.05, 4.69) is 4.98 Å². The van der Waals surface area contributed by atoms with E-state index in [9.17, 15) is 13.6 Å². The number of benzene rings is 1. The van der Waals surface area contributed by atoms with E-state index in [-0.39, 0.29) is 29.5 Å². The van der Waals surface area contributed by atoms with Gasteiger partial charge < -0.3 is 15.2 Å². The summed E-state index contributed by atoms with van der Waals surface area (Å²) in [6.07, 6.45) is 1.47. The second-order valence-corrected chi connectivity index (χ2v) is 6.96. The first-order chi connectivity index (χ1) is 13.8. The van der Waals surface area contributed by atoms with E-state index < -0.39 is 39.9 Å². The Balaban J connectivity index is 1.95. The van der Waals surface area contributed by atoms with Crippen molar-refractivity contribution in [3.05, 3.63) is 80.8 Å². The summed E-state index contributed by atoms with van der Waals surface area (Å²) in [7, 11) is 1.24. The lowest BCUT2D eigenvalue weighted by Gasteiger charge is -2.22. The number of allylic oxidation sites excluding steroid dienone is 3. The van der Waals surface area contributed by atoms with Crippen LogP contribution in [0.5, 0.6) is 0 Å². The number of nitrogens with zero attached hydrogens (tertiary/aromatic N) is 1. The number of methoxy groups -OCH3 is 1. The van der Waals surface area contributed by atoms with Crippen molar-refractivity contribution < 1.29 is 23.0 Å². The first-order valence-corrected chi connectivity index (χ1v) is 9.25. The summed E-state index contributed by atoms with van der Waals surface area (Å²) >= 11 is 11.9. The molecule has 0 fully saturated rings. The lowest BCUT2D eigenvalue weighted by atomic mass is 9.93. The number of carbonyl (C=O) groups excluding carboxylic acids is 1. The Hall–Kier alpha value is -2.64. The minimum atomic E-state index is -1.17. The Bertz CT molecular complexity index is 1010. The van der Waals surface area contributed by atoms with E-state index in [1.165, 1.54) is 13.2 Å². The van der Waals surface area contributed by atoms with Gasteiger partial charge in [0.1, 0.15) is 6.61 Å². The molecular formula is C20H16Cl2F2N2O3. The summed E-state index contributed by atoms with van der Waals surface area (Å²) in [5.41, 5.74) is 5.14. The topological polar surface area (TPSA) is 74.4 Å². The predicted molar refractivity (Wildman–Crippen MR) is 106 cm³/mol. The minimum Gasteiger partial charge on any atom is -0.492 e. The van der Waals surface area contributed by atoms with E-state index in [1.54, 1.807) is 24.3 Å². The molecule has 1 aliphatic rings. The highest BCUT2D eigenvalue weighted by Crippen LogP contribution is 2.41. The number of rotatable bonds is 5. The van der Waals surface area contributed by atoms with Gasteiger partial charge in [0.25, 0.3) is 0 Å². The minimum absolute atomic E-state index is 0.00101. The smallest absolute Gasteiger partial charge is 0.358 e. The van der Waals surface area contributed by atoms with Crippen LogP contribution in [0.2, 0.25) is 5.02 Å². The van der Waals surface area contributed by atoms with Crippen molar-refractivity contribution in [3.8, 4) is 0 Å². The normalized spacial score (nSPS) is 16.4. The van der Waals surface area contributed by atoms with Crippen LogP contribution in [0, 0.1) is 5.82 Å². The largest absolute Gasteiger partial charge is 0.492 e. The fraction of sp³-hybridized carbons (Fsp3) is 0.200. The zero-order chi connectivity index (χ0) is 21.1. The van der Waals surface area contributed by atoms with Crippen LogP contribution >= 0.6 is 23.2 Å². The lowest BCUT2D eigenvalue weighted by molar-refractivity contribution is 0.0465. The SMILES string of the molecule is COC1=C(F)C(c2nc(C(=O)OCc3ccccc3)c(Cl)c(N)c2F)CC=C1Cl. The van der Waals surface area contributed by atoms with Gasteiger partial charge in [-0.25, -0.2) is 18.6 Å². The Labute approximate surface area is 175 Å². The van der Waals surface area contributed by atoms with Crippen molar-refractivity contribution in [2.75, 3.05) is 12.8 Å². The molecule has 0 saturated carbocycles. The first-order valence-electron chi connectivity index (χ1n) is 8.50. The summed E-state index contributed by atoms with van der Waals surface area (Å²) in [5, 5.41) is -0.337. The third kappa shape index (κ3) is 4.21. The van der Waals surface area contributed by atoms with Gasteiger partial charge in [0.15, 0.2) is 23.1 Å². The van der Waals surface area contributed by atoms with Gasteiger partial charge in [-0.2, -0.15) is 0 Å².